The van der Waals surface area contributed by atoms with Gasteiger partial charge in [-0.05, 0) is 43.4 Å². The second-order valence-corrected chi connectivity index (χ2v) is 6.40. The van der Waals surface area contributed by atoms with Crippen LogP contribution < -0.4 is 11.0 Å². The number of rotatable bonds is 3. The number of fused-ring (bicyclic) bond motifs is 1. The maximum atomic E-state index is 13.0. The maximum absolute atomic E-state index is 13.0. The van der Waals surface area contributed by atoms with Gasteiger partial charge in [-0.15, -0.1) is 0 Å². The van der Waals surface area contributed by atoms with Crippen molar-refractivity contribution in [2.45, 2.75) is 51.1 Å². The molecule has 1 saturated heterocycles. The van der Waals surface area contributed by atoms with Crippen molar-refractivity contribution >= 4 is 22.8 Å². The molecule has 1 atom stereocenters. The van der Waals surface area contributed by atoms with Crippen LogP contribution in [0.4, 0.5) is 0 Å². The molecular formula is C17H19N3O3. The molecule has 120 valence electrons. The van der Waals surface area contributed by atoms with Crippen molar-refractivity contribution in [1.29, 1.82) is 0 Å². The third kappa shape index (κ3) is 2.20. The summed E-state index contributed by atoms with van der Waals surface area (Å²) in [6.07, 6.45) is 3.56. The Morgan fingerprint density at radius 3 is 2.52 bits per heavy atom. The summed E-state index contributed by atoms with van der Waals surface area (Å²) in [6.45, 7) is 2.08. The number of hydrogen-bond donors (Lipinski definition) is 1. The number of nitrogens with one attached hydrogen (secondary N) is 1. The predicted octanol–water partition coefficient (Wildman–Crippen LogP) is 1.68. The molecule has 2 heterocycles. The summed E-state index contributed by atoms with van der Waals surface area (Å²) in [4.78, 5) is 36.6. The van der Waals surface area contributed by atoms with E-state index in [-0.39, 0.29) is 30.0 Å². The molecule has 0 bridgehead atoms. The largest absolute Gasteiger partial charge is 0.330 e. The molecule has 1 unspecified atom stereocenters. The summed E-state index contributed by atoms with van der Waals surface area (Å²) in [5, 5.41) is 2.35. The monoisotopic (exact) mass is 313 g/mol. The van der Waals surface area contributed by atoms with Gasteiger partial charge in [-0.1, -0.05) is 13.0 Å². The Labute approximate surface area is 133 Å². The Kier molecular flexibility index (Phi) is 3.14. The minimum Gasteiger partial charge on any atom is -0.295 e. The number of hydrogen-bond acceptors (Lipinski definition) is 3. The maximum Gasteiger partial charge on any atom is 0.330 e. The van der Waals surface area contributed by atoms with Gasteiger partial charge in [0, 0.05) is 12.5 Å². The van der Waals surface area contributed by atoms with E-state index < -0.39 is 6.04 Å². The van der Waals surface area contributed by atoms with Gasteiger partial charge in [0.1, 0.15) is 6.04 Å². The summed E-state index contributed by atoms with van der Waals surface area (Å²) >= 11 is 0. The van der Waals surface area contributed by atoms with Gasteiger partial charge in [0.15, 0.2) is 0 Å². The van der Waals surface area contributed by atoms with Gasteiger partial charge in [0.25, 0.3) is 0 Å². The Morgan fingerprint density at radius 1 is 1.09 bits per heavy atom. The SMILES string of the molecule is CCc1ccc2c(c1)n(C1CC1)c(=O)n2C1CCC(=O)NC1=O. The first-order valence-electron chi connectivity index (χ1n) is 8.19. The van der Waals surface area contributed by atoms with Crippen LogP contribution in [0, 0.1) is 0 Å². The average molecular weight is 313 g/mol. The van der Waals surface area contributed by atoms with Crippen molar-refractivity contribution in [3.63, 3.8) is 0 Å². The predicted molar refractivity (Wildman–Crippen MR) is 85.3 cm³/mol. The lowest BCUT2D eigenvalue weighted by Crippen LogP contribution is -2.44. The number of benzene rings is 1. The third-order valence-electron chi connectivity index (χ3n) is 4.81. The van der Waals surface area contributed by atoms with Crippen molar-refractivity contribution in [3.05, 3.63) is 34.2 Å². The molecule has 1 aromatic heterocycles. The molecule has 4 rings (SSSR count). The van der Waals surface area contributed by atoms with Crippen LogP contribution in [0.2, 0.25) is 0 Å². The summed E-state index contributed by atoms with van der Waals surface area (Å²) < 4.78 is 3.41. The Balaban J connectivity index is 1.93. The van der Waals surface area contributed by atoms with E-state index >= 15 is 0 Å². The molecule has 0 spiro atoms. The van der Waals surface area contributed by atoms with Crippen LogP contribution in [-0.2, 0) is 16.0 Å². The first-order valence-corrected chi connectivity index (χ1v) is 8.19. The zero-order valence-corrected chi connectivity index (χ0v) is 13.0. The van der Waals surface area contributed by atoms with Crippen LogP contribution in [-0.4, -0.2) is 20.9 Å². The first-order chi connectivity index (χ1) is 11.1. The zero-order chi connectivity index (χ0) is 16.1. The molecule has 23 heavy (non-hydrogen) atoms. The molecule has 6 nitrogen and oxygen atoms in total. The van der Waals surface area contributed by atoms with Gasteiger partial charge < -0.3 is 0 Å². The number of imide groups is 1. The van der Waals surface area contributed by atoms with Gasteiger partial charge in [-0.2, -0.15) is 0 Å². The number of carbonyl (C=O) groups is 2. The van der Waals surface area contributed by atoms with E-state index in [0.717, 1.165) is 30.3 Å². The number of piperidine rings is 1. The van der Waals surface area contributed by atoms with Crippen LogP contribution in [0.15, 0.2) is 23.0 Å². The Hall–Kier alpha value is -2.37. The third-order valence-corrected chi connectivity index (χ3v) is 4.81. The molecule has 6 heteroatoms. The smallest absolute Gasteiger partial charge is 0.295 e. The number of amides is 2. The number of nitrogens with zero attached hydrogens (tertiary/aromatic N) is 2. The molecule has 1 saturated carbocycles. The number of carbonyl (C=O) groups excluding carboxylic acids is 2. The second kappa shape index (κ2) is 5.08. The van der Waals surface area contributed by atoms with Crippen LogP contribution in [0.1, 0.15) is 50.3 Å². The Morgan fingerprint density at radius 2 is 1.87 bits per heavy atom. The Bertz CT molecular complexity index is 873. The van der Waals surface area contributed by atoms with E-state index in [0.29, 0.717) is 6.42 Å². The highest BCUT2D eigenvalue weighted by Crippen LogP contribution is 2.37. The van der Waals surface area contributed by atoms with E-state index in [9.17, 15) is 14.4 Å². The normalized spacial score (nSPS) is 21.7. The highest BCUT2D eigenvalue weighted by molar-refractivity contribution is 6.00. The number of aromatic nitrogens is 2. The minimum atomic E-state index is -0.602. The molecule has 2 aliphatic rings. The second-order valence-electron chi connectivity index (χ2n) is 6.40. The fourth-order valence-corrected chi connectivity index (χ4v) is 3.42. The molecule has 1 aliphatic heterocycles. The number of aryl methyl sites for hydroxylation is 1. The molecule has 0 radical (unpaired) electrons. The lowest BCUT2D eigenvalue weighted by Gasteiger charge is -2.21. The average Bonchev–Trinajstić information content (AvgIpc) is 3.31. The molecule has 1 aliphatic carbocycles. The highest BCUT2D eigenvalue weighted by Gasteiger charge is 2.34. The topological polar surface area (TPSA) is 73.1 Å². The lowest BCUT2D eigenvalue weighted by molar-refractivity contribution is -0.135. The summed E-state index contributed by atoms with van der Waals surface area (Å²) in [5.41, 5.74) is 2.73. The van der Waals surface area contributed by atoms with Crippen molar-refractivity contribution in [2.24, 2.45) is 0 Å². The van der Waals surface area contributed by atoms with Crippen molar-refractivity contribution in [3.8, 4) is 0 Å². The molecule has 2 fully saturated rings. The standard InChI is InChI=1S/C17H19N3O3/c1-2-10-3-6-12-14(9-10)19(11-4-5-11)17(23)20(12)13-7-8-15(21)18-16(13)22/h3,6,9,11,13H,2,4-5,7-8H2,1H3,(H,18,21,22). The fraction of sp³-hybridized carbons (Fsp3) is 0.471. The van der Waals surface area contributed by atoms with Gasteiger partial charge in [-0.25, -0.2) is 4.79 Å². The summed E-state index contributed by atoms with van der Waals surface area (Å²) in [5.74, 6) is -0.642. The molecule has 1 N–H and O–H groups in total. The molecule has 2 amide bonds. The van der Waals surface area contributed by atoms with Crippen molar-refractivity contribution in [1.82, 2.24) is 14.5 Å². The zero-order valence-electron chi connectivity index (χ0n) is 13.0. The van der Waals surface area contributed by atoms with E-state index in [1.807, 2.05) is 16.7 Å². The van der Waals surface area contributed by atoms with E-state index in [2.05, 4.69) is 18.3 Å². The van der Waals surface area contributed by atoms with Gasteiger partial charge in [0.05, 0.1) is 11.0 Å². The van der Waals surface area contributed by atoms with Gasteiger partial charge >= 0.3 is 5.69 Å². The molecule has 2 aromatic rings. The van der Waals surface area contributed by atoms with Crippen LogP contribution in [0.3, 0.4) is 0 Å². The van der Waals surface area contributed by atoms with E-state index in [4.69, 9.17) is 0 Å². The van der Waals surface area contributed by atoms with E-state index in [1.54, 1.807) is 4.57 Å². The minimum absolute atomic E-state index is 0.134. The van der Waals surface area contributed by atoms with Crippen molar-refractivity contribution in [2.75, 3.05) is 0 Å². The summed E-state index contributed by atoms with van der Waals surface area (Å²) in [6, 6.07) is 5.62. The summed E-state index contributed by atoms with van der Waals surface area (Å²) in [7, 11) is 0. The number of imidazole rings is 1. The van der Waals surface area contributed by atoms with E-state index in [1.165, 1.54) is 5.56 Å². The molecule has 1 aromatic carbocycles. The van der Waals surface area contributed by atoms with Crippen molar-refractivity contribution < 1.29 is 9.59 Å². The van der Waals surface area contributed by atoms with Crippen LogP contribution >= 0.6 is 0 Å². The molecular weight excluding hydrogens is 294 g/mol. The van der Waals surface area contributed by atoms with Gasteiger partial charge in [0.2, 0.25) is 11.8 Å². The van der Waals surface area contributed by atoms with Crippen LogP contribution in [0.5, 0.6) is 0 Å². The highest BCUT2D eigenvalue weighted by atomic mass is 16.2. The first kappa shape index (κ1) is 14.2. The van der Waals surface area contributed by atoms with Crippen LogP contribution in [0.25, 0.3) is 11.0 Å². The fourth-order valence-electron chi connectivity index (χ4n) is 3.42. The lowest BCUT2D eigenvalue weighted by atomic mass is 10.1. The van der Waals surface area contributed by atoms with Gasteiger partial charge in [-0.3, -0.25) is 24.0 Å². The quantitative estimate of drug-likeness (QED) is 0.876.